The highest BCUT2D eigenvalue weighted by Gasteiger charge is 2.40. The minimum Gasteiger partial charge on any atom is -0.308 e. The van der Waals surface area contributed by atoms with Crippen LogP contribution in [0.5, 0.6) is 0 Å². The van der Waals surface area contributed by atoms with Crippen LogP contribution in [0.25, 0.3) is 0 Å². The second-order valence-corrected chi connectivity index (χ2v) is 8.13. The molecule has 2 aromatic heterocycles. The van der Waals surface area contributed by atoms with E-state index in [1.54, 1.807) is 41.5 Å². The molecule has 0 radical (unpaired) electrons. The van der Waals surface area contributed by atoms with Crippen LogP contribution in [0.3, 0.4) is 0 Å². The summed E-state index contributed by atoms with van der Waals surface area (Å²) in [4.78, 5) is 12.4. The smallest absolute Gasteiger partial charge is 0.253 e. The number of rotatable bonds is 4. The van der Waals surface area contributed by atoms with Gasteiger partial charge in [-0.3, -0.25) is 9.48 Å². The molecular weight excluding hydrogens is 324 g/mol. The quantitative estimate of drug-likeness (QED) is 0.908. The summed E-state index contributed by atoms with van der Waals surface area (Å²) in [6.07, 6.45) is 2.90. The molecule has 3 heterocycles. The Bertz CT molecular complexity index is 767. The van der Waals surface area contributed by atoms with Crippen LogP contribution in [0.2, 0.25) is 0 Å². The third-order valence-electron chi connectivity index (χ3n) is 3.53. The standard InChI is InChI=1S/C13H16N4O3S2/c1-16-8-6-11(15-16)14-13(18)10-4-2-7-17(10)22(19,20)12-5-3-9-21-12/h3,5-6,8-10H,2,4,7H2,1H3,(H,14,15,18)/t10-/m0/s1. The Morgan fingerprint density at radius 2 is 2.27 bits per heavy atom. The summed E-state index contributed by atoms with van der Waals surface area (Å²) in [6.45, 7) is 0.362. The number of aromatic nitrogens is 2. The number of anilines is 1. The minimum absolute atomic E-state index is 0.269. The molecule has 9 heteroatoms. The first-order valence-electron chi connectivity index (χ1n) is 6.84. The van der Waals surface area contributed by atoms with E-state index in [4.69, 9.17) is 0 Å². The number of carbonyl (C=O) groups excluding carboxylic acids is 1. The zero-order chi connectivity index (χ0) is 15.7. The van der Waals surface area contributed by atoms with E-state index in [-0.39, 0.29) is 10.1 Å². The van der Waals surface area contributed by atoms with Gasteiger partial charge in [-0.15, -0.1) is 11.3 Å². The van der Waals surface area contributed by atoms with Crippen molar-refractivity contribution in [2.45, 2.75) is 23.1 Å². The molecule has 1 atom stereocenters. The molecule has 22 heavy (non-hydrogen) atoms. The topological polar surface area (TPSA) is 84.3 Å². The highest BCUT2D eigenvalue weighted by molar-refractivity contribution is 7.91. The van der Waals surface area contributed by atoms with E-state index in [0.29, 0.717) is 25.2 Å². The van der Waals surface area contributed by atoms with Crippen LogP contribution in [0.4, 0.5) is 5.82 Å². The van der Waals surface area contributed by atoms with Crippen LogP contribution in [-0.4, -0.2) is 41.0 Å². The van der Waals surface area contributed by atoms with Gasteiger partial charge in [0.15, 0.2) is 5.82 Å². The van der Waals surface area contributed by atoms with Crippen LogP contribution < -0.4 is 5.32 Å². The highest BCUT2D eigenvalue weighted by atomic mass is 32.2. The Hall–Kier alpha value is -1.71. The lowest BCUT2D eigenvalue weighted by molar-refractivity contribution is -0.119. The van der Waals surface area contributed by atoms with Crippen molar-refractivity contribution in [1.29, 1.82) is 0 Å². The van der Waals surface area contributed by atoms with Crippen molar-refractivity contribution in [2.75, 3.05) is 11.9 Å². The molecule has 0 aromatic carbocycles. The van der Waals surface area contributed by atoms with E-state index in [1.165, 1.54) is 4.31 Å². The SMILES string of the molecule is Cn1ccc(NC(=O)[C@@H]2CCCN2S(=O)(=O)c2cccs2)n1. The normalized spacial score (nSPS) is 19.4. The average molecular weight is 340 g/mol. The van der Waals surface area contributed by atoms with Gasteiger partial charge in [0.05, 0.1) is 0 Å². The third-order valence-corrected chi connectivity index (χ3v) is 6.81. The van der Waals surface area contributed by atoms with Crippen LogP contribution in [0.1, 0.15) is 12.8 Å². The Morgan fingerprint density at radius 3 is 2.91 bits per heavy atom. The Labute approximate surface area is 132 Å². The summed E-state index contributed by atoms with van der Waals surface area (Å²) < 4.78 is 28.3. The molecule has 1 amide bonds. The lowest BCUT2D eigenvalue weighted by Gasteiger charge is -2.22. The molecule has 0 aliphatic carbocycles. The largest absolute Gasteiger partial charge is 0.308 e. The summed E-state index contributed by atoms with van der Waals surface area (Å²) in [5.41, 5.74) is 0. The number of thiophene rings is 1. The summed E-state index contributed by atoms with van der Waals surface area (Å²) in [6, 6.07) is 4.24. The Balaban J connectivity index is 1.80. The molecule has 118 valence electrons. The molecule has 1 N–H and O–H groups in total. The van der Waals surface area contributed by atoms with E-state index in [9.17, 15) is 13.2 Å². The van der Waals surface area contributed by atoms with Gasteiger partial charge in [0.2, 0.25) is 5.91 Å². The zero-order valence-electron chi connectivity index (χ0n) is 12.0. The maximum atomic E-state index is 12.6. The number of nitrogens with zero attached hydrogens (tertiary/aromatic N) is 3. The fourth-order valence-corrected chi connectivity index (χ4v) is 5.28. The van der Waals surface area contributed by atoms with Gasteiger partial charge in [-0.2, -0.15) is 9.40 Å². The van der Waals surface area contributed by atoms with E-state index in [2.05, 4.69) is 10.4 Å². The van der Waals surface area contributed by atoms with Gasteiger partial charge in [-0.1, -0.05) is 6.07 Å². The predicted molar refractivity (Wildman–Crippen MR) is 83.1 cm³/mol. The zero-order valence-corrected chi connectivity index (χ0v) is 13.6. The molecule has 0 unspecified atom stereocenters. The number of nitrogens with one attached hydrogen (secondary N) is 1. The predicted octanol–water partition coefficient (Wildman–Crippen LogP) is 1.27. The first-order valence-corrected chi connectivity index (χ1v) is 9.16. The fraction of sp³-hybridized carbons (Fsp3) is 0.385. The summed E-state index contributed by atoms with van der Waals surface area (Å²) >= 11 is 1.16. The fourth-order valence-electron chi connectivity index (χ4n) is 2.51. The van der Waals surface area contributed by atoms with Gasteiger partial charge in [0.25, 0.3) is 10.0 Å². The molecular formula is C13H16N4O3S2. The van der Waals surface area contributed by atoms with Crippen LogP contribution in [0, 0.1) is 0 Å². The molecule has 0 bridgehead atoms. The molecule has 1 saturated heterocycles. The molecule has 1 aliphatic rings. The number of aryl methyl sites for hydroxylation is 1. The van der Waals surface area contributed by atoms with Gasteiger partial charge < -0.3 is 5.32 Å². The number of sulfonamides is 1. The average Bonchev–Trinajstić information content (AvgIpc) is 3.20. The maximum absolute atomic E-state index is 12.6. The highest BCUT2D eigenvalue weighted by Crippen LogP contribution is 2.29. The van der Waals surface area contributed by atoms with Crippen molar-refractivity contribution in [3.8, 4) is 0 Å². The number of hydrogen-bond acceptors (Lipinski definition) is 5. The molecule has 1 fully saturated rings. The van der Waals surface area contributed by atoms with Crippen LogP contribution >= 0.6 is 11.3 Å². The van der Waals surface area contributed by atoms with Crippen molar-refractivity contribution in [3.63, 3.8) is 0 Å². The lowest BCUT2D eigenvalue weighted by atomic mass is 10.2. The van der Waals surface area contributed by atoms with E-state index in [0.717, 1.165) is 11.3 Å². The van der Waals surface area contributed by atoms with E-state index in [1.807, 2.05) is 0 Å². The molecule has 0 spiro atoms. The van der Waals surface area contributed by atoms with Gasteiger partial charge in [0.1, 0.15) is 10.3 Å². The van der Waals surface area contributed by atoms with Gasteiger partial charge >= 0.3 is 0 Å². The monoisotopic (exact) mass is 340 g/mol. The maximum Gasteiger partial charge on any atom is 0.253 e. The minimum atomic E-state index is -3.61. The molecule has 7 nitrogen and oxygen atoms in total. The summed E-state index contributed by atoms with van der Waals surface area (Å²) in [7, 11) is -1.86. The molecule has 2 aromatic rings. The van der Waals surface area contributed by atoms with Gasteiger partial charge in [-0.05, 0) is 24.3 Å². The number of hydrogen-bond donors (Lipinski definition) is 1. The third kappa shape index (κ3) is 2.79. The molecule has 1 aliphatic heterocycles. The van der Waals surface area contributed by atoms with Crippen molar-refractivity contribution < 1.29 is 13.2 Å². The Kier molecular flexibility index (Phi) is 4.02. The van der Waals surface area contributed by atoms with Crippen molar-refractivity contribution in [3.05, 3.63) is 29.8 Å². The second kappa shape index (κ2) is 5.82. The Morgan fingerprint density at radius 1 is 1.45 bits per heavy atom. The van der Waals surface area contributed by atoms with Crippen molar-refractivity contribution in [1.82, 2.24) is 14.1 Å². The van der Waals surface area contributed by atoms with Crippen LogP contribution in [0.15, 0.2) is 34.0 Å². The molecule has 0 saturated carbocycles. The first-order chi connectivity index (χ1) is 10.5. The summed E-state index contributed by atoms with van der Waals surface area (Å²) in [5.74, 6) is 0.0872. The summed E-state index contributed by atoms with van der Waals surface area (Å²) in [5, 5.41) is 8.47. The lowest BCUT2D eigenvalue weighted by Crippen LogP contribution is -2.42. The number of amides is 1. The van der Waals surface area contributed by atoms with Gasteiger partial charge in [-0.25, -0.2) is 8.42 Å². The second-order valence-electron chi connectivity index (χ2n) is 5.07. The van der Waals surface area contributed by atoms with Crippen molar-refractivity contribution >= 4 is 33.1 Å². The van der Waals surface area contributed by atoms with Crippen molar-refractivity contribution in [2.24, 2.45) is 7.05 Å². The first kappa shape index (κ1) is 15.2. The number of carbonyl (C=O) groups is 1. The molecule has 3 rings (SSSR count). The van der Waals surface area contributed by atoms with Crippen LogP contribution in [-0.2, 0) is 21.9 Å². The van der Waals surface area contributed by atoms with Gasteiger partial charge in [0, 0.05) is 25.9 Å². The van der Waals surface area contributed by atoms with E-state index >= 15 is 0 Å². The van der Waals surface area contributed by atoms with E-state index < -0.39 is 16.1 Å².